The van der Waals surface area contributed by atoms with Crippen LogP contribution in [0.1, 0.15) is 28.7 Å². The Hall–Kier alpha value is -1.75. The molecule has 0 aliphatic heterocycles. The molecule has 0 fully saturated rings. The summed E-state index contributed by atoms with van der Waals surface area (Å²) < 4.78 is 1.82. The minimum atomic E-state index is -0.135. The smallest absolute Gasteiger partial charge is 0.268 e. The first-order valence-corrected chi connectivity index (χ1v) is 6.12. The van der Waals surface area contributed by atoms with Crippen molar-refractivity contribution in [1.82, 2.24) is 20.1 Å². The van der Waals surface area contributed by atoms with Crippen LogP contribution in [0.15, 0.2) is 18.5 Å². The highest BCUT2D eigenvalue weighted by Crippen LogP contribution is 2.14. The molecule has 0 aliphatic rings. The quantitative estimate of drug-likeness (QED) is 0.890. The largest absolute Gasteiger partial charge is 0.347 e. The lowest BCUT2D eigenvalue weighted by atomic mass is 10.2. The summed E-state index contributed by atoms with van der Waals surface area (Å²) in [6.45, 7) is 5.04. The number of hydrogen-bond donors (Lipinski definition) is 2. The maximum Gasteiger partial charge on any atom is 0.268 e. The lowest BCUT2D eigenvalue weighted by Gasteiger charge is -2.07. The van der Waals surface area contributed by atoms with Crippen molar-refractivity contribution in [3.8, 4) is 0 Å². The molecule has 0 unspecified atom stereocenters. The highest BCUT2D eigenvalue weighted by Gasteiger charge is 2.12. The molecule has 0 aromatic carbocycles. The van der Waals surface area contributed by atoms with E-state index in [2.05, 4.69) is 15.5 Å². The van der Waals surface area contributed by atoms with Crippen molar-refractivity contribution in [2.24, 2.45) is 0 Å². The van der Waals surface area contributed by atoms with Crippen LogP contribution in [0, 0.1) is 6.92 Å². The summed E-state index contributed by atoms with van der Waals surface area (Å²) in [7, 11) is 0. The minimum Gasteiger partial charge on any atom is -0.347 e. The first kappa shape index (κ1) is 12.7. The summed E-state index contributed by atoms with van der Waals surface area (Å²) >= 11 is 5.90. The van der Waals surface area contributed by atoms with E-state index in [0.29, 0.717) is 23.8 Å². The standard InChI is InChI=1S/C12H15ClN4O/c1-3-17-7-10(13)4-11(17)12(18)14-5-9-6-15-16-8(9)2/h4,6-7H,3,5H2,1-2H3,(H,14,18)(H,15,16). The van der Waals surface area contributed by atoms with Gasteiger partial charge in [-0.25, -0.2) is 0 Å². The number of hydrogen-bond acceptors (Lipinski definition) is 2. The number of aryl methyl sites for hydroxylation is 2. The topological polar surface area (TPSA) is 62.7 Å². The second kappa shape index (κ2) is 5.27. The van der Waals surface area contributed by atoms with Crippen LogP contribution in [0.25, 0.3) is 0 Å². The molecule has 2 aromatic rings. The lowest BCUT2D eigenvalue weighted by molar-refractivity contribution is 0.0941. The van der Waals surface area contributed by atoms with Crippen molar-refractivity contribution in [1.29, 1.82) is 0 Å². The summed E-state index contributed by atoms with van der Waals surface area (Å²) in [5.74, 6) is -0.135. The van der Waals surface area contributed by atoms with Crippen molar-refractivity contribution < 1.29 is 4.79 Å². The molecule has 0 saturated heterocycles. The first-order chi connectivity index (χ1) is 8.61. The number of halogens is 1. The maximum absolute atomic E-state index is 12.0. The van der Waals surface area contributed by atoms with Crippen molar-refractivity contribution in [3.63, 3.8) is 0 Å². The molecule has 18 heavy (non-hydrogen) atoms. The molecule has 0 atom stereocenters. The molecule has 5 nitrogen and oxygen atoms in total. The summed E-state index contributed by atoms with van der Waals surface area (Å²) in [6, 6.07) is 1.67. The summed E-state index contributed by atoms with van der Waals surface area (Å²) in [5, 5.41) is 10.2. The van der Waals surface area contributed by atoms with Crippen LogP contribution in [0.2, 0.25) is 5.02 Å². The summed E-state index contributed by atoms with van der Waals surface area (Å²) in [6.07, 6.45) is 3.46. The first-order valence-electron chi connectivity index (χ1n) is 5.74. The molecule has 0 bridgehead atoms. The van der Waals surface area contributed by atoms with Crippen LogP contribution in [0.5, 0.6) is 0 Å². The average Bonchev–Trinajstić information content (AvgIpc) is 2.92. The molecule has 96 valence electrons. The third kappa shape index (κ3) is 2.56. The third-order valence-corrected chi connectivity index (χ3v) is 3.02. The Morgan fingerprint density at radius 2 is 2.39 bits per heavy atom. The van der Waals surface area contributed by atoms with Crippen molar-refractivity contribution in [3.05, 3.63) is 40.4 Å². The van der Waals surface area contributed by atoms with Crippen LogP contribution in [-0.2, 0) is 13.1 Å². The Morgan fingerprint density at radius 3 is 3.00 bits per heavy atom. The van der Waals surface area contributed by atoms with Crippen LogP contribution < -0.4 is 5.32 Å². The molecule has 0 spiro atoms. The predicted molar refractivity (Wildman–Crippen MR) is 69.6 cm³/mol. The Labute approximate surface area is 110 Å². The third-order valence-electron chi connectivity index (χ3n) is 2.81. The number of carbonyl (C=O) groups is 1. The molecular formula is C12H15ClN4O. The fourth-order valence-corrected chi connectivity index (χ4v) is 1.97. The number of H-pyrrole nitrogens is 1. The van der Waals surface area contributed by atoms with Gasteiger partial charge in [-0.3, -0.25) is 9.89 Å². The Kier molecular flexibility index (Phi) is 3.72. The van der Waals surface area contributed by atoms with Crippen LogP contribution in [0.3, 0.4) is 0 Å². The molecule has 0 saturated carbocycles. The van der Waals surface area contributed by atoms with E-state index in [1.54, 1.807) is 18.5 Å². The molecule has 2 rings (SSSR count). The fourth-order valence-electron chi connectivity index (χ4n) is 1.75. The van der Waals surface area contributed by atoms with E-state index in [-0.39, 0.29) is 5.91 Å². The van der Waals surface area contributed by atoms with Crippen molar-refractivity contribution in [2.45, 2.75) is 26.9 Å². The number of rotatable bonds is 4. The summed E-state index contributed by atoms with van der Waals surface area (Å²) in [5.41, 5.74) is 2.51. The van der Waals surface area contributed by atoms with Gasteiger partial charge in [0.05, 0.1) is 11.2 Å². The van der Waals surface area contributed by atoms with Crippen LogP contribution in [0.4, 0.5) is 0 Å². The second-order valence-electron chi connectivity index (χ2n) is 4.03. The number of nitrogens with zero attached hydrogens (tertiary/aromatic N) is 2. The van der Waals surface area contributed by atoms with Gasteiger partial charge in [0.15, 0.2) is 0 Å². The number of nitrogens with one attached hydrogen (secondary N) is 2. The van der Waals surface area contributed by atoms with E-state index in [9.17, 15) is 4.79 Å². The molecule has 1 amide bonds. The van der Waals surface area contributed by atoms with Gasteiger partial charge >= 0.3 is 0 Å². The van der Waals surface area contributed by atoms with E-state index in [1.165, 1.54) is 0 Å². The van der Waals surface area contributed by atoms with E-state index < -0.39 is 0 Å². The minimum absolute atomic E-state index is 0.135. The zero-order valence-electron chi connectivity index (χ0n) is 10.3. The van der Waals surface area contributed by atoms with Crippen molar-refractivity contribution >= 4 is 17.5 Å². The number of aromatic nitrogens is 3. The van der Waals surface area contributed by atoms with Gasteiger partial charge in [0.2, 0.25) is 0 Å². The Balaban J connectivity index is 2.06. The second-order valence-corrected chi connectivity index (χ2v) is 4.47. The molecule has 2 N–H and O–H groups in total. The highest BCUT2D eigenvalue weighted by atomic mass is 35.5. The number of aromatic amines is 1. The predicted octanol–water partition coefficient (Wildman–Crippen LogP) is 2.12. The number of carbonyl (C=O) groups excluding carboxylic acids is 1. The molecule has 0 aliphatic carbocycles. The molecule has 0 radical (unpaired) electrons. The van der Waals surface area contributed by atoms with Gasteiger partial charge in [0.25, 0.3) is 5.91 Å². The van der Waals surface area contributed by atoms with Gasteiger partial charge in [-0.2, -0.15) is 5.10 Å². The van der Waals surface area contributed by atoms with Gasteiger partial charge in [-0.1, -0.05) is 11.6 Å². The van der Waals surface area contributed by atoms with E-state index >= 15 is 0 Å². The Bertz CT molecular complexity index is 558. The molecule has 6 heteroatoms. The van der Waals surface area contributed by atoms with Gasteiger partial charge in [-0.15, -0.1) is 0 Å². The SMILES string of the molecule is CCn1cc(Cl)cc1C(=O)NCc1cn[nH]c1C. The zero-order chi connectivity index (χ0) is 13.1. The van der Waals surface area contributed by atoms with Gasteiger partial charge in [-0.05, 0) is 19.9 Å². The zero-order valence-corrected chi connectivity index (χ0v) is 11.1. The van der Waals surface area contributed by atoms with Gasteiger partial charge < -0.3 is 9.88 Å². The van der Waals surface area contributed by atoms with E-state index in [4.69, 9.17) is 11.6 Å². The maximum atomic E-state index is 12.0. The van der Waals surface area contributed by atoms with Crippen molar-refractivity contribution in [2.75, 3.05) is 0 Å². The van der Waals surface area contributed by atoms with Gasteiger partial charge in [0, 0.05) is 30.5 Å². The summed E-state index contributed by atoms with van der Waals surface area (Å²) in [4.78, 5) is 12.0. The number of amides is 1. The lowest BCUT2D eigenvalue weighted by Crippen LogP contribution is -2.25. The molecule has 2 aromatic heterocycles. The van der Waals surface area contributed by atoms with Crippen LogP contribution >= 0.6 is 11.6 Å². The van der Waals surface area contributed by atoms with Gasteiger partial charge in [0.1, 0.15) is 5.69 Å². The van der Waals surface area contributed by atoms with E-state index in [0.717, 1.165) is 11.3 Å². The Morgan fingerprint density at radius 1 is 1.61 bits per heavy atom. The highest BCUT2D eigenvalue weighted by molar-refractivity contribution is 6.31. The normalized spacial score (nSPS) is 10.6. The fraction of sp³-hybridized carbons (Fsp3) is 0.333. The average molecular weight is 267 g/mol. The molecular weight excluding hydrogens is 252 g/mol. The van der Waals surface area contributed by atoms with Crippen LogP contribution in [-0.4, -0.2) is 20.7 Å². The van der Waals surface area contributed by atoms with E-state index in [1.807, 2.05) is 18.4 Å². The monoisotopic (exact) mass is 266 g/mol. The molecule has 2 heterocycles.